The zero-order valence-corrected chi connectivity index (χ0v) is 11.0. The molecule has 0 aliphatic carbocycles. The van der Waals surface area contributed by atoms with Crippen molar-refractivity contribution in [2.45, 2.75) is 13.3 Å². The number of nitrogens with zero attached hydrogens (tertiary/aromatic N) is 2. The summed E-state index contributed by atoms with van der Waals surface area (Å²) in [7, 11) is 1.68. The van der Waals surface area contributed by atoms with Crippen LogP contribution in [0.5, 0.6) is 0 Å². The molecule has 0 fully saturated rings. The second-order valence-corrected chi connectivity index (χ2v) is 4.38. The predicted octanol–water partition coefficient (Wildman–Crippen LogP) is 2.89. The number of rotatable bonds is 3. The van der Waals surface area contributed by atoms with Crippen LogP contribution in [-0.4, -0.2) is 15.7 Å². The van der Waals surface area contributed by atoms with E-state index in [0.717, 1.165) is 12.1 Å². The first-order chi connectivity index (χ1) is 8.61. The molecule has 0 aliphatic heterocycles. The summed E-state index contributed by atoms with van der Waals surface area (Å²) >= 11 is 5.91. The molecule has 1 amide bonds. The van der Waals surface area contributed by atoms with E-state index in [9.17, 15) is 4.79 Å². The zero-order chi connectivity index (χ0) is 13.1. The molecule has 0 unspecified atom stereocenters. The molecule has 4 nitrogen and oxygen atoms in total. The van der Waals surface area contributed by atoms with Gasteiger partial charge in [0, 0.05) is 12.7 Å². The molecular weight excluding hydrogens is 250 g/mol. The molecule has 2 rings (SSSR count). The van der Waals surface area contributed by atoms with Gasteiger partial charge in [-0.2, -0.15) is 5.10 Å². The second-order valence-electron chi connectivity index (χ2n) is 3.97. The van der Waals surface area contributed by atoms with Crippen molar-refractivity contribution < 1.29 is 4.79 Å². The molecule has 5 heteroatoms. The van der Waals surface area contributed by atoms with Gasteiger partial charge in [0.1, 0.15) is 5.69 Å². The monoisotopic (exact) mass is 263 g/mol. The molecule has 0 radical (unpaired) electrons. The lowest BCUT2D eigenvalue weighted by atomic mass is 10.1. The number of aromatic nitrogens is 2. The molecule has 0 bridgehead atoms. The van der Waals surface area contributed by atoms with Crippen LogP contribution in [0.1, 0.15) is 23.0 Å². The molecule has 0 spiro atoms. The molecule has 0 atom stereocenters. The van der Waals surface area contributed by atoms with Crippen LogP contribution in [0.25, 0.3) is 0 Å². The first-order valence-electron chi connectivity index (χ1n) is 5.69. The molecule has 2 aromatic rings. The summed E-state index contributed by atoms with van der Waals surface area (Å²) in [5, 5.41) is 7.07. The Labute approximate surface area is 111 Å². The minimum atomic E-state index is -0.260. The quantitative estimate of drug-likeness (QED) is 0.926. The number of hydrogen-bond donors (Lipinski definition) is 1. The Morgan fingerprint density at radius 1 is 1.39 bits per heavy atom. The van der Waals surface area contributed by atoms with E-state index in [1.807, 2.05) is 24.3 Å². The lowest BCUT2D eigenvalue weighted by Crippen LogP contribution is -2.16. The third kappa shape index (κ3) is 2.54. The molecule has 0 saturated heterocycles. The molecule has 1 aromatic heterocycles. The molecule has 94 valence electrons. The fourth-order valence-corrected chi connectivity index (χ4v) is 1.93. The summed E-state index contributed by atoms with van der Waals surface area (Å²) in [5.41, 5.74) is 2.33. The Bertz CT molecular complexity index is 541. The van der Waals surface area contributed by atoms with Crippen molar-refractivity contribution in [3.63, 3.8) is 0 Å². The maximum Gasteiger partial charge on any atom is 0.275 e. The normalized spacial score (nSPS) is 10.4. The Kier molecular flexibility index (Phi) is 3.67. The lowest BCUT2D eigenvalue weighted by Gasteiger charge is -2.06. The highest BCUT2D eigenvalue weighted by Gasteiger charge is 2.15. The van der Waals surface area contributed by atoms with E-state index in [1.54, 1.807) is 7.05 Å². The number of carbonyl (C=O) groups is 1. The zero-order valence-electron chi connectivity index (χ0n) is 10.3. The van der Waals surface area contributed by atoms with Gasteiger partial charge in [-0.3, -0.25) is 9.48 Å². The van der Waals surface area contributed by atoms with Gasteiger partial charge in [0.25, 0.3) is 5.91 Å². The fourth-order valence-electron chi connectivity index (χ4n) is 1.68. The van der Waals surface area contributed by atoms with E-state index in [0.29, 0.717) is 10.7 Å². The van der Waals surface area contributed by atoms with Crippen molar-refractivity contribution in [1.29, 1.82) is 0 Å². The standard InChI is InChI=1S/C13H14ClN3O/c1-3-9-4-6-10(7-5-9)16-13(18)12-11(14)8-15-17(12)2/h4-8H,3H2,1-2H3,(H,16,18). The van der Waals surface area contributed by atoms with Crippen LogP contribution in [-0.2, 0) is 13.5 Å². The number of amides is 1. The van der Waals surface area contributed by atoms with E-state index in [-0.39, 0.29) is 5.91 Å². The number of nitrogens with one attached hydrogen (secondary N) is 1. The molecule has 0 aliphatic rings. The maximum atomic E-state index is 12.0. The topological polar surface area (TPSA) is 46.9 Å². The van der Waals surface area contributed by atoms with Crippen LogP contribution in [0.2, 0.25) is 5.02 Å². The fraction of sp³-hybridized carbons (Fsp3) is 0.231. The number of hydrogen-bond acceptors (Lipinski definition) is 2. The highest BCUT2D eigenvalue weighted by molar-refractivity contribution is 6.34. The van der Waals surface area contributed by atoms with E-state index >= 15 is 0 Å². The van der Waals surface area contributed by atoms with E-state index in [4.69, 9.17) is 11.6 Å². The van der Waals surface area contributed by atoms with Gasteiger partial charge in [0.2, 0.25) is 0 Å². The highest BCUT2D eigenvalue weighted by Crippen LogP contribution is 2.17. The van der Waals surface area contributed by atoms with Crippen molar-refractivity contribution in [3.8, 4) is 0 Å². The Balaban J connectivity index is 2.16. The minimum Gasteiger partial charge on any atom is -0.321 e. The number of aryl methyl sites for hydroxylation is 2. The minimum absolute atomic E-state index is 0.260. The van der Waals surface area contributed by atoms with Gasteiger partial charge in [-0.25, -0.2) is 0 Å². The summed E-state index contributed by atoms with van der Waals surface area (Å²) in [4.78, 5) is 12.0. The second kappa shape index (κ2) is 5.23. The van der Waals surface area contributed by atoms with Crippen molar-refractivity contribution >= 4 is 23.2 Å². The maximum absolute atomic E-state index is 12.0. The van der Waals surface area contributed by atoms with Gasteiger partial charge in [-0.15, -0.1) is 0 Å². The molecular formula is C13H14ClN3O. The molecule has 1 N–H and O–H groups in total. The van der Waals surface area contributed by atoms with E-state index in [2.05, 4.69) is 17.3 Å². The number of carbonyl (C=O) groups excluding carboxylic acids is 1. The highest BCUT2D eigenvalue weighted by atomic mass is 35.5. The first kappa shape index (κ1) is 12.6. The van der Waals surface area contributed by atoms with Crippen LogP contribution in [0.4, 0.5) is 5.69 Å². The summed E-state index contributed by atoms with van der Waals surface area (Å²) in [5.74, 6) is -0.260. The Morgan fingerprint density at radius 2 is 2.06 bits per heavy atom. The van der Waals surface area contributed by atoms with Crippen LogP contribution < -0.4 is 5.32 Å². The average Bonchev–Trinajstić information content (AvgIpc) is 2.70. The van der Waals surface area contributed by atoms with Gasteiger partial charge in [0.15, 0.2) is 0 Å². The molecule has 0 saturated carbocycles. The third-order valence-corrected chi connectivity index (χ3v) is 3.01. The van der Waals surface area contributed by atoms with Gasteiger partial charge in [-0.05, 0) is 24.1 Å². The summed E-state index contributed by atoms with van der Waals surface area (Å²) in [6, 6.07) is 7.73. The SMILES string of the molecule is CCc1ccc(NC(=O)c2c(Cl)cnn2C)cc1. The summed E-state index contributed by atoms with van der Waals surface area (Å²) < 4.78 is 1.46. The summed E-state index contributed by atoms with van der Waals surface area (Å²) in [6.07, 6.45) is 2.43. The van der Waals surface area contributed by atoms with Gasteiger partial charge in [0.05, 0.1) is 11.2 Å². The van der Waals surface area contributed by atoms with E-state index < -0.39 is 0 Å². The number of benzene rings is 1. The average molecular weight is 264 g/mol. The first-order valence-corrected chi connectivity index (χ1v) is 6.07. The van der Waals surface area contributed by atoms with Gasteiger partial charge in [-0.1, -0.05) is 30.7 Å². The molecule has 18 heavy (non-hydrogen) atoms. The Hall–Kier alpha value is -1.81. The van der Waals surface area contributed by atoms with Gasteiger partial charge >= 0.3 is 0 Å². The lowest BCUT2D eigenvalue weighted by molar-refractivity contribution is 0.101. The largest absolute Gasteiger partial charge is 0.321 e. The van der Waals surface area contributed by atoms with E-state index in [1.165, 1.54) is 16.4 Å². The van der Waals surface area contributed by atoms with Crippen molar-refractivity contribution in [2.75, 3.05) is 5.32 Å². The molecule has 1 aromatic carbocycles. The predicted molar refractivity (Wildman–Crippen MR) is 72.0 cm³/mol. The van der Waals surface area contributed by atoms with Crippen LogP contribution in [0.15, 0.2) is 30.5 Å². The number of halogens is 1. The van der Waals surface area contributed by atoms with Crippen LogP contribution >= 0.6 is 11.6 Å². The van der Waals surface area contributed by atoms with Crippen LogP contribution in [0.3, 0.4) is 0 Å². The van der Waals surface area contributed by atoms with Crippen molar-refractivity contribution in [1.82, 2.24) is 9.78 Å². The number of anilines is 1. The van der Waals surface area contributed by atoms with Crippen molar-refractivity contribution in [2.24, 2.45) is 7.05 Å². The third-order valence-electron chi connectivity index (χ3n) is 2.73. The molecule has 1 heterocycles. The van der Waals surface area contributed by atoms with Crippen LogP contribution in [0, 0.1) is 0 Å². The van der Waals surface area contributed by atoms with Crippen molar-refractivity contribution in [3.05, 3.63) is 46.7 Å². The smallest absolute Gasteiger partial charge is 0.275 e. The Morgan fingerprint density at radius 3 is 2.56 bits per heavy atom. The van der Waals surface area contributed by atoms with Gasteiger partial charge < -0.3 is 5.32 Å². The summed E-state index contributed by atoms with van der Waals surface area (Å²) in [6.45, 7) is 2.09.